The van der Waals surface area contributed by atoms with Crippen molar-refractivity contribution in [1.29, 1.82) is 0 Å². The van der Waals surface area contributed by atoms with Gasteiger partial charge in [0.15, 0.2) is 0 Å². The smallest absolute Gasteiger partial charge is 0.256 e. The molecule has 0 atom stereocenters. The molecular weight excluding hydrogens is 266 g/mol. The molecule has 0 aliphatic carbocycles. The lowest BCUT2D eigenvalue weighted by Gasteiger charge is -2.08. The summed E-state index contributed by atoms with van der Waals surface area (Å²) in [6, 6.07) is 5.38. The first-order valence-corrected chi connectivity index (χ1v) is 6.56. The van der Waals surface area contributed by atoms with Crippen LogP contribution in [0.5, 0.6) is 0 Å². The minimum Gasteiger partial charge on any atom is -0.384 e. The van der Waals surface area contributed by atoms with Crippen LogP contribution in [-0.2, 0) is 0 Å². The van der Waals surface area contributed by atoms with Gasteiger partial charge in [0.05, 0.1) is 17.1 Å². The Kier molecular flexibility index (Phi) is 4.41. The van der Waals surface area contributed by atoms with Gasteiger partial charge in [0, 0.05) is 11.1 Å². The number of carbonyl (C=O) groups excluding carboxylic acids is 1. The van der Waals surface area contributed by atoms with Gasteiger partial charge in [-0.1, -0.05) is 17.9 Å². The number of carbonyl (C=O) groups is 1. The molecule has 0 radical (unpaired) electrons. The second-order valence-corrected chi connectivity index (χ2v) is 4.75. The highest BCUT2D eigenvalue weighted by atomic mass is 16.2. The molecule has 0 aliphatic heterocycles. The molecule has 2 aromatic rings. The summed E-state index contributed by atoms with van der Waals surface area (Å²) >= 11 is 0. The number of nitrogens with one attached hydrogen (secondary N) is 2. The van der Waals surface area contributed by atoms with Crippen LogP contribution >= 0.6 is 0 Å². The molecule has 0 unspecified atom stereocenters. The number of aromatic nitrogens is 2. The van der Waals surface area contributed by atoms with E-state index in [-0.39, 0.29) is 12.5 Å². The summed E-state index contributed by atoms with van der Waals surface area (Å²) in [6.45, 7) is 5.34. The molecule has 1 aromatic carbocycles. The number of benzene rings is 1. The van der Waals surface area contributed by atoms with E-state index in [4.69, 9.17) is 5.11 Å². The molecule has 0 spiro atoms. The van der Waals surface area contributed by atoms with Crippen LogP contribution in [0.15, 0.2) is 18.2 Å². The molecule has 0 fully saturated rings. The minimum atomic E-state index is -0.206. The van der Waals surface area contributed by atoms with Gasteiger partial charge in [-0.15, -0.1) is 0 Å². The lowest BCUT2D eigenvalue weighted by atomic mass is 10.0. The average molecular weight is 283 g/mol. The fourth-order valence-electron chi connectivity index (χ4n) is 2.00. The molecule has 5 heteroatoms. The third kappa shape index (κ3) is 3.30. The Morgan fingerprint density at radius 1 is 1.38 bits per heavy atom. The van der Waals surface area contributed by atoms with Gasteiger partial charge < -0.3 is 10.4 Å². The Hall–Kier alpha value is -2.58. The van der Waals surface area contributed by atoms with Crippen LogP contribution in [0.1, 0.15) is 32.9 Å². The van der Waals surface area contributed by atoms with Crippen molar-refractivity contribution < 1.29 is 9.90 Å². The number of aliphatic hydroxyl groups is 1. The number of H-pyrrole nitrogens is 1. The third-order valence-electron chi connectivity index (χ3n) is 3.16. The molecule has 0 saturated heterocycles. The predicted octanol–water partition coefficient (Wildman–Crippen LogP) is 1.93. The molecule has 1 aromatic heterocycles. The number of rotatable bonds is 2. The second kappa shape index (κ2) is 6.25. The van der Waals surface area contributed by atoms with E-state index in [1.54, 1.807) is 6.07 Å². The first kappa shape index (κ1) is 14.8. The summed E-state index contributed by atoms with van der Waals surface area (Å²) in [4.78, 5) is 12.4. The van der Waals surface area contributed by atoms with Crippen LogP contribution < -0.4 is 5.32 Å². The van der Waals surface area contributed by atoms with Crippen LogP contribution in [0.4, 0.5) is 5.69 Å². The number of hydrogen-bond acceptors (Lipinski definition) is 3. The molecule has 5 nitrogen and oxygen atoms in total. The SMILES string of the molecule is Cc1ccc(C#CCO)cc1C(=O)Nc1c(C)n[nH]c1C. The molecule has 0 saturated carbocycles. The van der Waals surface area contributed by atoms with Crippen molar-refractivity contribution in [3.8, 4) is 11.8 Å². The van der Waals surface area contributed by atoms with Crippen LogP contribution in [0.3, 0.4) is 0 Å². The number of amides is 1. The second-order valence-electron chi connectivity index (χ2n) is 4.75. The lowest BCUT2D eigenvalue weighted by Crippen LogP contribution is -2.14. The first-order chi connectivity index (χ1) is 10.0. The highest BCUT2D eigenvalue weighted by molar-refractivity contribution is 6.06. The molecule has 0 aliphatic rings. The summed E-state index contributed by atoms with van der Waals surface area (Å²) in [7, 11) is 0. The van der Waals surface area contributed by atoms with Crippen molar-refractivity contribution in [2.75, 3.05) is 11.9 Å². The Morgan fingerprint density at radius 2 is 2.14 bits per heavy atom. The zero-order chi connectivity index (χ0) is 15.4. The third-order valence-corrected chi connectivity index (χ3v) is 3.16. The minimum absolute atomic E-state index is 0.201. The van der Waals surface area contributed by atoms with Gasteiger partial charge >= 0.3 is 0 Å². The number of anilines is 1. The van der Waals surface area contributed by atoms with E-state index in [0.29, 0.717) is 16.8 Å². The lowest BCUT2D eigenvalue weighted by molar-refractivity contribution is 0.102. The Bertz CT molecular complexity index is 716. The highest BCUT2D eigenvalue weighted by Gasteiger charge is 2.14. The zero-order valence-corrected chi connectivity index (χ0v) is 12.2. The fourth-order valence-corrected chi connectivity index (χ4v) is 2.00. The topological polar surface area (TPSA) is 78.0 Å². The van der Waals surface area contributed by atoms with Crippen molar-refractivity contribution in [3.63, 3.8) is 0 Å². The molecule has 21 heavy (non-hydrogen) atoms. The quantitative estimate of drug-likeness (QED) is 0.737. The van der Waals surface area contributed by atoms with Crippen LogP contribution in [-0.4, -0.2) is 27.8 Å². The summed E-state index contributed by atoms with van der Waals surface area (Å²) in [5, 5.41) is 18.5. The van der Waals surface area contributed by atoms with Gasteiger partial charge in [0.25, 0.3) is 5.91 Å². The molecule has 1 heterocycles. The maximum absolute atomic E-state index is 12.4. The summed E-state index contributed by atoms with van der Waals surface area (Å²) in [5.41, 5.74) is 4.37. The Labute approximate surface area is 123 Å². The molecule has 3 N–H and O–H groups in total. The van der Waals surface area contributed by atoms with E-state index < -0.39 is 0 Å². The highest BCUT2D eigenvalue weighted by Crippen LogP contribution is 2.19. The van der Waals surface area contributed by atoms with E-state index in [1.165, 1.54) is 0 Å². The fraction of sp³-hybridized carbons (Fsp3) is 0.250. The van der Waals surface area contributed by atoms with Crippen molar-refractivity contribution in [3.05, 3.63) is 46.3 Å². The largest absolute Gasteiger partial charge is 0.384 e. The number of aryl methyl sites for hydroxylation is 3. The van der Waals surface area contributed by atoms with Crippen molar-refractivity contribution >= 4 is 11.6 Å². The summed E-state index contributed by atoms with van der Waals surface area (Å²) < 4.78 is 0. The van der Waals surface area contributed by atoms with Crippen LogP contribution in [0.2, 0.25) is 0 Å². The molecule has 108 valence electrons. The number of hydrogen-bond donors (Lipinski definition) is 3. The maximum Gasteiger partial charge on any atom is 0.256 e. The van der Waals surface area contributed by atoms with Gasteiger partial charge in [-0.05, 0) is 38.5 Å². The van der Waals surface area contributed by atoms with Gasteiger partial charge in [0.1, 0.15) is 6.61 Å². The number of aromatic amines is 1. The van der Waals surface area contributed by atoms with E-state index in [9.17, 15) is 4.79 Å². The zero-order valence-electron chi connectivity index (χ0n) is 12.2. The van der Waals surface area contributed by atoms with E-state index in [2.05, 4.69) is 27.4 Å². The summed E-state index contributed by atoms with van der Waals surface area (Å²) in [6.07, 6.45) is 0. The number of aliphatic hydroxyl groups excluding tert-OH is 1. The van der Waals surface area contributed by atoms with Crippen molar-refractivity contribution in [1.82, 2.24) is 10.2 Å². The van der Waals surface area contributed by atoms with Gasteiger partial charge in [0.2, 0.25) is 0 Å². The predicted molar refractivity (Wildman–Crippen MR) is 81.2 cm³/mol. The molecule has 1 amide bonds. The van der Waals surface area contributed by atoms with Crippen molar-refractivity contribution in [2.45, 2.75) is 20.8 Å². The first-order valence-electron chi connectivity index (χ1n) is 6.56. The summed E-state index contributed by atoms with van der Waals surface area (Å²) in [5.74, 6) is 5.17. The number of nitrogens with zero attached hydrogens (tertiary/aromatic N) is 1. The molecule has 0 bridgehead atoms. The van der Waals surface area contributed by atoms with Gasteiger partial charge in [-0.3, -0.25) is 9.89 Å². The van der Waals surface area contributed by atoms with E-state index in [0.717, 1.165) is 17.0 Å². The Morgan fingerprint density at radius 3 is 2.76 bits per heavy atom. The molecular formula is C16H17N3O2. The van der Waals surface area contributed by atoms with Crippen molar-refractivity contribution in [2.24, 2.45) is 0 Å². The van der Waals surface area contributed by atoms with Gasteiger partial charge in [-0.25, -0.2) is 0 Å². The van der Waals surface area contributed by atoms with E-state index >= 15 is 0 Å². The normalized spacial score (nSPS) is 9.90. The Balaban J connectivity index is 2.30. The van der Waals surface area contributed by atoms with Gasteiger partial charge in [-0.2, -0.15) is 5.10 Å². The van der Waals surface area contributed by atoms with Crippen LogP contribution in [0.25, 0.3) is 0 Å². The van der Waals surface area contributed by atoms with Crippen LogP contribution in [0, 0.1) is 32.6 Å². The molecule has 2 rings (SSSR count). The standard InChI is InChI=1S/C16H17N3O2/c1-10-6-7-13(5-4-8-20)9-14(10)16(21)17-15-11(2)18-19-12(15)3/h6-7,9,20H,8H2,1-3H3,(H,17,21)(H,18,19). The van der Waals surface area contributed by atoms with E-state index in [1.807, 2.05) is 32.9 Å². The monoisotopic (exact) mass is 283 g/mol. The average Bonchev–Trinajstić information content (AvgIpc) is 2.78. The maximum atomic E-state index is 12.4.